The van der Waals surface area contributed by atoms with Gasteiger partial charge < -0.3 is 17.1 Å². The van der Waals surface area contributed by atoms with E-state index in [1.54, 1.807) is 14.1 Å². The summed E-state index contributed by atoms with van der Waals surface area (Å²) in [4.78, 5) is 0. The van der Waals surface area contributed by atoms with E-state index in [2.05, 4.69) is 48.5 Å². The van der Waals surface area contributed by atoms with Crippen LogP contribution in [0.4, 0.5) is 0 Å². The van der Waals surface area contributed by atoms with Gasteiger partial charge in [-0.1, -0.05) is 48.5 Å². The molecule has 128 valence electrons. The summed E-state index contributed by atoms with van der Waals surface area (Å²) in [5.41, 5.74) is 5.11. The van der Waals surface area contributed by atoms with Crippen LogP contribution in [0.25, 0.3) is 0 Å². The minimum Gasteiger partial charge on any atom is -1.00 e. The van der Waals surface area contributed by atoms with Crippen LogP contribution >= 0.6 is 0 Å². The fraction of sp³-hybridized carbons (Fsp3) is 0.400. The topological polar surface area (TPSA) is 29.5 Å². The molecule has 0 aromatic heterocycles. The van der Waals surface area contributed by atoms with E-state index in [-0.39, 0.29) is 22.7 Å². The predicted octanol–water partition coefficient (Wildman–Crippen LogP) is 0.655. The molecule has 0 amide bonds. The first-order valence-electron chi connectivity index (χ1n) is 8.40. The van der Waals surface area contributed by atoms with Gasteiger partial charge in [-0.2, -0.15) is 4.65 Å². The molecule has 3 aliphatic rings. The van der Waals surface area contributed by atoms with Crippen molar-refractivity contribution in [2.75, 3.05) is 27.2 Å². The number of hydrogen-bond donors (Lipinski definition) is 1. The van der Waals surface area contributed by atoms with Crippen LogP contribution in [-0.4, -0.2) is 37.1 Å². The number of ether oxygens (including phenoxy) is 1. The van der Waals surface area contributed by atoms with Gasteiger partial charge in [0.2, 0.25) is 0 Å². The molecule has 0 unspecified atom stereocenters. The third kappa shape index (κ3) is 2.66. The minimum atomic E-state index is -0.350. The first-order chi connectivity index (χ1) is 11.0. The maximum atomic E-state index is 9.96. The van der Waals surface area contributed by atoms with E-state index >= 15 is 0 Å². The van der Waals surface area contributed by atoms with Crippen LogP contribution in [0.2, 0.25) is 0 Å². The van der Waals surface area contributed by atoms with E-state index in [0.29, 0.717) is 19.1 Å². The van der Waals surface area contributed by atoms with Crippen molar-refractivity contribution in [2.24, 2.45) is 0 Å². The maximum absolute atomic E-state index is 9.96. The normalized spacial score (nSPS) is 24.0. The lowest BCUT2D eigenvalue weighted by atomic mass is 9.61. The fourth-order valence-electron chi connectivity index (χ4n) is 4.25. The molecule has 0 saturated carbocycles. The second-order valence-electron chi connectivity index (χ2n) is 7.29. The van der Waals surface area contributed by atoms with Crippen LogP contribution in [0.15, 0.2) is 48.5 Å². The molecule has 0 spiro atoms. The van der Waals surface area contributed by atoms with E-state index in [1.807, 2.05) is 0 Å². The van der Waals surface area contributed by atoms with Crippen molar-refractivity contribution < 1.29 is 27.0 Å². The van der Waals surface area contributed by atoms with Gasteiger partial charge in [-0.3, -0.25) is 0 Å². The highest BCUT2D eigenvalue weighted by molar-refractivity contribution is 5.57. The van der Waals surface area contributed by atoms with Gasteiger partial charge >= 0.3 is 0 Å². The first-order valence-corrected chi connectivity index (χ1v) is 8.40. The van der Waals surface area contributed by atoms with E-state index in [4.69, 9.17) is 4.74 Å². The third-order valence-corrected chi connectivity index (χ3v) is 5.31. The van der Waals surface area contributed by atoms with Gasteiger partial charge in [0.15, 0.2) is 0 Å². The summed E-state index contributed by atoms with van der Waals surface area (Å²) in [5, 5.41) is 9.96. The molecule has 0 fully saturated rings. The summed E-state index contributed by atoms with van der Waals surface area (Å²) < 4.78 is 6.44. The van der Waals surface area contributed by atoms with Crippen LogP contribution in [-0.2, 0) is 10.3 Å². The molecule has 0 atom stereocenters. The van der Waals surface area contributed by atoms with E-state index < -0.39 is 0 Å². The average molecular weight is 346 g/mol. The van der Waals surface area contributed by atoms with Gasteiger partial charge in [-0.15, -0.1) is 0 Å². The third-order valence-electron chi connectivity index (χ3n) is 5.31. The number of hydrogen-bond acceptors (Lipinski definition) is 2. The summed E-state index contributed by atoms with van der Waals surface area (Å²) in [7, 11) is 3.56. The van der Waals surface area contributed by atoms with Gasteiger partial charge in [0.25, 0.3) is 0 Å². The van der Waals surface area contributed by atoms with Crippen molar-refractivity contribution in [3.63, 3.8) is 0 Å². The Kier molecular flexibility index (Phi) is 4.47. The standard InChI is InChI=1S/C20H24NO2.ClH/c1-21(2,22)13-14-23-20-12-11-15(16-7-3-5-9-18(16)20)17-8-4-6-10-19(17)20;/h3-10,15,22H,11-14H2,1-2H3;1H/q+1;/p-1. The Hall–Kier alpha value is -1.39. The highest BCUT2D eigenvalue weighted by atomic mass is 35.5. The van der Waals surface area contributed by atoms with E-state index in [0.717, 1.165) is 12.8 Å². The van der Waals surface area contributed by atoms with Crippen molar-refractivity contribution in [1.29, 1.82) is 0 Å². The molecule has 2 bridgehead atoms. The predicted molar refractivity (Wildman–Crippen MR) is 89.5 cm³/mol. The second-order valence-corrected chi connectivity index (χ2v) is 7.29. The lowest BCUT2D eigenvalue weighted by Gasteiger charge is -2.49. The number of fused-ring (bicyclic) bond motifs is 1. The molecule has 0 radical (unpaired) electrons. The van der Waals surface area contributed by atoms with Crippen LogP contribution in [0.5, 0.6) is 0 Å². The van der Waals surface area contributed by atoms with Gasteiger partial charge in [0.1, 0.15) is 18.8 Å². The second kappa shape index (κ2) is 6.16. The van der Waals surface area contributed by atoms with E-state index in [1.165, 1.54) is 22.3 Å². The highest BCUT2D eigenvalue weighted by Gasteiger charge is 2.49. The Morgan fingerprint density at radius 3 is 2.12 bits per heavy atom. The average Bonchev–Trinajstić information content (AvgIpc) is 2.55. The first kappa shape index (κ1) is 17.4. The minimum absolute atomic E-state index is 0. The Balaban J connectivity index is 0.00000169. The van der Waals surface area contributed by atoms with Crippen LogP contribution < -0.4 is 12.4 Å². The molecule has 4 heteroatoms. The molecule has 2 aromatic rings. The number of likely N-dealkylation sites (N-methyl/N-ethyl adjacent to an activating group) is 1. The smallest absolute Gasteiger partial charge is 0.132 e. The van der Waals surface area contributed by atoms with Crippen molar-refractivity contribution >= 4 is 0 Å². The summed E-state index contributed by atoms with van der Waals surface area (Å²) in [5.74, 6) is 0.498. The lowest BCUT2D eigenvalue weighted by molar-refractivity contribution is -1.07. The van der Waals surface area contributed by atoms with Gasteiger partial charge in [-0.25, -0.2) is 5.21 Å². The Morgan fingerprint density at radius 1 is 1.04 bits per heavy atom. The van der Waals surface area contributed by atoms with Crippen LogP contribution in [0.1, 0.15) is 41.0 Å². The number of quaternary nitrogens is 1. The Morgan fingerprint density at radius 2 is 1.58 bits per heavy atom. The van der Waals surface area contributed by atoms with Gasteiger partial charge in [-0.05, 0) is 35.1 Å². The number of halogens is 1. The number of benzene rings is 2. The fourth-order valence-corrected chi connectivity index (χ4v) is 4.25. The van der Waals surface area contributed by atoms with Gasteiger partial charge in [0, 0.05) is 5.92 Å². The largest absolute Gasteiger partial charge is 1.00 e. The zero-order chi connectivity index (χ0) is 16.1. The summed E-state index contributed by atoms with van der Waals surface area (Å²) in [6, 6.07) is 17.4. The van der Waals surface area contributed by atoms with Crippen molar-refractivity contribution in [3.8, 4) is 0 Å². The summed E-state index contributed by atoms with van der Waals surface area (Å²) >= 11 is 0. The molecule has 3 aliphatic carbocycles. The molecule has 2 aromatic carbocycles. The zero-order valence-electron chi connectivity index (χ0n) is 14.2. The molecule has 0 heterocycles. The van der Waals surface area contributed by atoms with Crippen LogP contribution in [0, 0.1) is 0 Å². The zero-order valence-corrected chi connectivity index (χ0v) is 15.0. The molecule has 24 heavy (non-hydrogen) atoms. The summed E-state index contributed by atoms with van der Waals surface area (Å²) in [6.45, 7) is 1.12. The van der Waals surface area contributed by atoms with Crippen LogP contribution in [0.3, 0.4) is 0 Å². The quantitative estimate of drug-likeness (QED) is 0.651. The summed E-state index contributed by atoms with van der Waals surface area (Å²) in [6.07, 6.45) is 2.15. The molecule has 3 nitrogen and oxygen atoms in total. The molecular weight excluding hydrogens is 322 g/mol. The van der Waals surface area contributed by atoms with E-state index in [9.17, 15) is 5.21 Å². The number of rotatable bonds is 4. The van der Waals surface area contributed by atoms with Crippen molar-refractivity contribution in [1.82, 2.24) is 0 Å². The van der Waals surface area contributed by atoms with Crippen molar-refractivity contribution in [2.45, 2.75) is 24.4 Å². The SMILES string of the molecule is C[N+](C)(O)CCOC12CCC(c3ccccc31)c1ccccc12.[Cl-]. The Bertz CT molecular complexity index is 691. The lowest BCUT2D eigenvalue weighted by Crippen LogP contribution is -3.00. The van der Waals surface area contributed by atoms with Crippen molar-refractivity contribution in [3.05, 3.63) is 70.8 Å². The number of hydroxylamine groups is 3. The highest BCUT2D eigenvalue weighted by Crippen LogP contribution is 2.56. The molecule has 5 rings (SSSR count). The number of nitrogens with zero attached hydrogens (tertiary/aromatic N) is 1. The molecular formula is C20H24ClNO2. The molecule has 1 N–H and O–H groups in total. The monoisotopic (exact) mass is 345 g/mol. The Labute approximate surface area is 149 Å². The molecule has 0 saturated heterocycles. The van der Waals surface area contributed by atoms with Gasteiger partial charge in [0.05, 0.1) is 14.1 Å². The maximum Gasteiger partial charge on any atom is 0.132 e. The molecule has 0 aliphatic heterocycles.